The van der Waals surface area contributed by atoms with Gasteiger partial charge in [-0.05, 0) is 23.9 Å². The van der Waals surface area contributed by atoms with E-state index in [4.69, 9.17) is 4.74 Å². The Morgan fingerprint density at radius 2 is 2.14 bits per heavy atom. The minimum atomic E-state index is -0.313. The van der Waals surface area contributed by atoms with Crippen molar-refractivity contribution in [1.82, 2.24) is 19.7 Å². The summed E-state index contributed by atoms with van der Waals surface area (Å²) in [7, 11) is 3.71. The van der Waals surface area contributed by atoms with Gasteiger partial charge in [0, 0.05) is 20.4 Å². The standard InChI is InChI=1S/C15H17N5OS/c1-10-6-22-14-12(10)13(16-9-17-14)20-7-15(8-20,21-3)11-4-5-18-19(11)2/h4-6,9H,7-8H2,1-3H3. The molecule has 1 fully saturated rings. The second-order valence-corrected chi connectivity index (χ2v) is 6.55. The number of hydrogen-bond acceptors (Lipinski definition) is 6. The summed E-state index contributed by atoms with van der Waals surface area (Å²) in [6, 6.07) is 2.02. The SMILES string of the molecule is COC1(c2ccnn2C)CN(c2ncnc3scc(C)c23)C1. The first-order valence-corrected chi connectivity index (χ1v) is 8.00. The van der Waals surface area contributed by atoms with E-state index in [1.54, 1.807) is 24.8 Å². The van der Waals surface area contributed by atoms with Crippen LogP contribution in [0.3, 0.4) is 0 Å². The molecule has 4 heterocycles. The summed E-state index contributed by atoms with van der Waals surface area (Å²) in [5, 5.41) is 7.55. The maximum absolute atomic E-state index is 5.83. The summed E-state index contributed by atoms with van der Waals surface area (Å²) in [4.78, 5) is 12.2. The third-order valence-electron chi connectivity index (χ3n) is 4.40. The lowest BCUT2D eigenvalue weighted by atomic mass is 9.89. The third-order valence-corrected chi connectivity index (χ3v) is 5.41. The average molecular weight is 315 g/mol. The number of aromatic nitrogens is 4. The first-order chi connectivity index (χ1) is 10.6. The van der Waals surface area contributed by atoms with Crippen molar-refractivity contribution in [3.63, 3.8) is 0 Å². The van der Waals surface area contributed by atoms with E-state index in [1.165, 1.54) is 5.56 Å². The molecule has 1 aliphatic heterocycles. The van der Waals surface area contributed by atoms with Crippen molar-refractivity contribution >= 4 is 27.4 Å². The highest BCUT2D eigenvalue weighted by atomic mass is 32.1. The van der Waals surface area contributed by atoms with Gasteiger partial charge in [0.1, 0.15) is 22.6 Å². The van der Waals surface area contributed by atoms with Crippen LogP contribution >= 0.6 is 11.3 Å². The van der Waals surface area contributed by atoms with Crippen LogP contribution in [0.25, 0.3) is 10.2 Å². The molecule has 22 heavy (non-hydrogen) atoms. The molecule has 3 aromatic rings. The second-order valence-electron chi connectivity index (χ2n) is 5.69. The van der Waals surface area contributed by atoms with Crippen LogP contribution in [-0.4, -0.2) is 39.9 Å². The fourth-order valence-corrected chi connectivity index (χ4v) is 4.06. The number of ether oxygens (including phenoxy) is 1. The zero-order valence-electron chi connectivity index (χ0n) is 12.8. The van der Waals surface area contributed by atoms with Crippen molar-refractivity contribution in [3.05, 3.63) is 35.2 Å². The molecule has 4 rings (SSSR count). The Morgan fingerprint density at radius 3 is 2.82 bits per heavy atom. The van der Waals surface area contributed by atoms with Gasteiger partial charge in [-0.25, -0.2) is 9.97 Å². The quantitative estimate of drug-likeness (QED) is 0.741. The Kier molecular flexibility index (Phi) is 2.95. The summed E-state index contributed by atoms with van der Waals surface area (Å²) < 4.78 is 7.71. The summed E-state index contributed by atoms with van der Waals surface area (Å²) in [6.45, 7) is 3.64. The number of thiophene rings is 1. The first kappa shape index (κ1) is 13.7. The number of hydrogen-bond donors (Lipinski definition) is 0. The molecule has 0 amide bonds. The zero-order valence-corrected chi connectivity index (χ0v) is 13.6. The number of aryl methyl sites for hydroxylation is 2. The average Bonchev–Trinajstić information content (AvgIpc) is 3.07. The Hall–Kier alpha value is -1.99. The van der Waals surface area contributed by atoms with Crippen molar-refractivity contribution in [1.29, 1.82) is 0 Å². The first-order valence-electron chi connectivity index (χ1n) is 7.12. The molecular weight excluding hydrogens is 298 g/mol. The monoisotopic (exact) mass is 315 g/mol. The second kappa shape index (κ2) is 4.76. The summed E-state index contributed by atoms with van der Waals surface area (Å²) in [6.07, 6.45) is 3.45. The molecular formula is C15H17N5OS. The molecule has 0 unspecified atom stereocenters. The molecule has 0 saturated carbocycles. The van der Waals surface area contributed by atoms with Gasteiger partial charge in [0.05, 0.1) is 24.2 Å². The van der Waals surface area contributed by atoms with Gasteiger partial charge in [0.15, 0.2) is 0 Å². The van der Waals surface area contributed by atoms with Crippen molar-refractivity contribution in [3.8, 4) is 0 Å². The van der Waals surface area contributed by atoms with Gasteiger partial charge >= 0.3 is 0 Å². The minimum Gasteiger partial charge on any atom is -0.368 e. The van der Waals surface area contributed by atoms with Crippen molar-refractivity contribution in [2.45, 2.75) is 12.5 Å². The van der Waals surface area contributed by atoms with E-state index < -0.39 is 0 Å². The molecule has 6 nitrogen and oxygen atoms in total. The molecule has 3 aromatic heterocycles. The fourth-order valence-electron chi connectivity index (χ4n) is 3.17. The highest BCUT2D eigenvalue weighted by Crippen LogP contribution is 2.40. The molecule has 1 saturated heterocycles. The normalized spacial score (nSPS) is 17.0. The van der Waals surface area contributed by atoms with Crippen molar-refractivity contribution in [2.24, 2.45) is 7.05 Å². The van der Waals surface area contributed by atoms with E-state index in [0.717, 1.165) is 34.8 Å². The summed E-state index contributed by atoms with van der Waals surface area (Å²) in [5.41, 5.74) is 2.01. The van der Waals surface area contributed by atoms with Crippen LogP contribution in [0, 0.1) is 6.92 Å². The molecule has 0 bridgehead atoms. The molecule has 0 aromatic carbocycles. The van der Waals surface area contributed by atoms with Crippen LogP contribution in [0.4, 0.5) is 5.82 Å². The van der Waals surface area contributed by atoms with Gasteiger partial charge in [-0.3, -0.25) is 4.68 Å². The van der Waals surface area contributed by atoms with Crippen molar-refractivity contribution < 1.29 is 4.74 Å². The Balaban J connectivity index is 1.70. The predicted octanol–water partition coefficient (Wildman–Crippen LogP) is 2.10. The van der Waals surface area contributed by atoms with E-state index >= 15 is 0 Å². The largest absolute Gasteiger partial charge is 0.368 e. The highest BCUT2D eigenvalue weighted by molar-refractivity contribution is 7.17. The van der Waals surface area contributed by atoms with Gasteiger partial charge < -0.3 is 9.64 Å². The van der Waals surface area contributed by atoms with E-state index in [2.05, 4.69) is 32.3 Å². The molecule has 0 N–H and O–H groups in total. The summed E-state index contributed by atoms with van der Waals surface area (Å²) in [5.74, 6) is 0.999. The van der Waals surface area contributed by atoms with E-state index in [1.807, 2.05) is 24.0 Å². The molecule has 114 valence electrons. The maximum Gasteiger partial charge on any atom is 0.144 e. The lowest BCUT2D eigenvalue weighted by Gasteiger charge is -2.49. The molecule has 0 spiro atoms. The predicted molar refractivity (Wildman–Crippen MR) is 86.3 cm³/mol. The smallest absolute Gasteiger partial charge is 0.144 e. The number of fused-ring (bicyclic) bond motifs is 1. The number of nitrogens with zero attached hydrogens (tertiary/aromatic N) is 5. The van der Waals surface area contributed by atoms with Gasteiger partial charge in [0.25, 0.3) is 0 Å². The zero-order chi connectivity index (χ0) is 15.3. The molecule has 7 heteroatoms. The van der Waals surface area contributed by atoms with E-state index in [-0.39, 0.29) is 5.60 Å². The Labute approximate surface area is 132 Å². The number of rotatable bonds is 3. The van der Waals surface area contributed by atoms with Crippen LogP contribution in [-0.2, 0) is 17.4 Å². The van der Waals surface area contributed by atoms with Gasteiger partial charge in [0.2, 0.25) is 0 Å². The van der Waals surface area contributed by atoms with Crippen LogP contribution in [0.1, 0.15) is 11.3 Å². The lowest BCUT2D eigenvalue weighted by Crippen LogP contribution is -2.61. The van der Waals surface area contributed by atoms with Gasteiger partial charge in [-0.15, -0.1) is 11.3 Å². The third kappa shape index (κ3) is 1.79. The van der Waals surface area contributed by atoms with E-state index in [9.17, 15) is 0 Å². The van der Waals surface area contributed by atoms with Gasteiger partial charge in [-0.1, -0.05) is 0 Å². The van der Waals surface area contributed by atoms with Crippen LogP contribution in [0.2, 0.25) is 0 Å². The number of anilines is 1. The van der Waals surface area contributed by atoms with Gasteiger partial charge in [-0.2, -0.15) is 5.10 Å². The minimum absolute atomic E-state index is 0.313. The van der Waals surface area contributed by atoms with Crippen molar-refractivity contribution in [2.75, 3.05) is 25.1 Å². The molecule has 0 aliphatic carbocycles. The maximum atomic E-state index is 5.83. The van der Waals surface area contributed by atoms with Crippen LogP contribution in [0.15, 0.2) is 24.0 Å². The highest BCUT2D eigenvalue weighted by Gasteiger charge is 2.48. The summed E-state index contributed by atoms with van der Waals surface area (Å²) >= 11 is 1.66. The Morgan fingerprint density at radius 1 is 1.32 bits per heavy atom. The molecule has 0 radical (unpaired) electrons. The molecule has 1 aliphatic rings. The van der Waals surface area contributed by atoms with Crippen LogP contribution < -0.4 is 4.90 Å². The fraction of sp³-hybridized carbons (Fsp3) is 0.400. The Bertz CT molecular complexity index is 833. The topological polar surface area (TPSA) is 56.1 Å². The van der Waals surface area contributed by atoms with E-state index in [0.29, 0.717) is 0 Å². The molecule has 0 atom stereocenters. The lowest BCUT2D eigenvalue weighted by molar-refractivity contribution is -0.0446. The van der Waals surface area contributed by atoms with Crippen LogP contribution in [0.5, 0.6) is 0 Å². The number of methoxy groups -OCH3 is 1.